The van der Waals surface area contributed by atoms with Crippen LogP contribution in [0.15, 0.2) is 0 Å². The molecular formula is C17H37NO8. The lowest BCUT2D eigenvalue weighted by Crippen LogP contribution is -2.28. The molecule has 0 aromatic carbocycles. The molecule has 0 saturated carbocycles. The van der Waals surface area contributed by atoms with Crippen LogP contribution >= 0.6 is 0 Å². The Morgan fingerprint density at radius 3 is 1.04 bits per heavy atom. The molecule has 0 aromatic heterocycles. The van der Waals surface area contributed by atoms with Gasteiger partial charge in [-0.1, -0.05) is 0 Å². The Labute approximate surface area is 157 Å². The molecule has 0 unspecified atom stereocenters. The average molecular weight is 383 g/mol. The molecule has 0 rings (SSSR count). The maximum Gasteiger partial charge on any atom is 0.0701 e. The van der Waals surface area contributed by atoms with Gasteiger partial charge in [-0.05, 0) is 7.05 Å². The highest BCUT2D eigenvalue weighted by atomic mass is 16.6. The molecule has 0 aliphatic rings. The third-order valence-electron chi connectivity index (χ3n) is 3.19. The predicted molar refractivity (Wildman–Crippen MR) is 96.6 cm³/mol. The number of hydrogen-bond acceptors (Lipinski definition) is 9. The Kier molecular flexibility index (Phi) is 22.4. The van der Waals surface area contributed by atoms with Crippen LogP contribution in [0.2, 0.25) is 0 Å². The number of aliphatic hydroxyl groups excluding tert-OH is 2. The molecular weight excluding hydrogens is 346 g/mol. The van der Waals surface area contributed by atoms with E-state index in [1.165, 1.54) is 0 Å². The summed E-state index contributed by atoms with van der Waals surface area (Å²) in [5.41, 5.74) is 0. The second kappa shape index (κ2) is 22.7. The summed E-state index contributed by atoms with van der Waals surface area (Å²) in [4.78, 5) is 2.15. The quantitative estimate of drug-likeness (QED) is 0.228. The van der Waals surface area contributed by atoms with E-state index in [0.29, 0.717) is 79.3 Å². The fourth-order valence-corrected chi connectivity index (χ4v) is 1.77. The van der Waals surface area contributed by atoms with Gasteiger partial charge in [-0.3, -0.25) is 0 Å². The summed E-state index contributed by atoms with van der Waals surface area (Å²) >= 11 is 0. The van der Waals surface area contributed by atoms with Gasteiger partial charge < -0.3 is 43.5 Å². The molecule has 0 radical (unpaired) electrons. The van der Waals surface area contributed by atoms with Crippen LogP contribution in [-0.2, 0) is 28.4 Å². The number of ether oxygens (including phenoxy) is 6. The minimum absolute atomic E-state index is 0.0387. The van der Waals surface area contributed by atoms with Gasteiger partial charge in [-0.2, -0.15) is 0 Å². The minimum Gasteiger partial charge on any atom is -0.394 e. The van der Waals surface area contributed by atoms with Gasteiger partial charge in [-0.25, -0.2) is 0 Å². The predicted octanol–water partition coefficient (Wildman–Crippen LogP) is -0.998. The Bertz CT molecular complexity index is 237. The third kappa shape index (κ3) is 21.7. The largest absolute Gasteiger partial charge is 0.394 e. The minimum atomic E-state index is 0.0387. The van der Waals surface area contributed by atoms with Gasteiger partial charge in [0.25, 0.3) is 0 Å². The molecule has 0 fully saturated rings. The lowest BCUT2D eigenvalue weighted by molar-refractivity contribution is -0.000300. The van der Waals surface area contributed by atoms with Crippen molar-refractivity contribution in [2.45, 2.75) is 0 Å². The van der Waals surface area contributed by atoms with Crippen molar-refractivity contribution in [1.29, 1.82) is 0 Å². The van der Waals surface area contributed by atoms with Crippen LogP contribution < -0.4 is 0 Å². The molecule has 26 heavy (non-hydrogen) atoms. The highest BCUT2D eigenvalue weighted by Crippen LogP contribution is 1.87. The van der Waals surface area contributed by atoms with Gasteiger partial charge in [0, 0.05) is 13.1 Å². The van der Waals surface area contributed by atoms with Crippen molar-refractivity contribution < 1.29 is 38.6 Å². The lowest BCUT2D eigenvalue weighted by atomic mass is 10.5. The topological polar surface area (TPSA) is 99.1 Å². The highest BCUT2D eigenvalue weighted by Gasteiger charge is 1.99. The summed E-state index contributed by atoms with van der Waals surface area (Å²) in [6.07, 6.45) is 0. The molecule has 0 saturated heterocycles. The standard InChI is InChI=1S/C17H37NO8/c1-18(2-6-21-10-14-25-16-12-23-8-4-19)3-7-22-11-15-26-17-13-24-9-5-20/h19-20H,2-17H2,1H3. The SMILES string of the molecule is CN(CCOCCOCCOCCO)CCOCCOCCOCCO. The molecule has 0 aromatic rings. The van der Waals surface area contributed by atoms with Crippen molar-refractivity contribution in [3.63, 3.8) is 0 Å². The monoisotopic (exact) mass is 383 g/mol. The fraction of sp³-hybridized carbons (Fsp3) is 1.00. The van der Waals surface area contributed by atoms with Gasteiger partial charge >= 0.3 is 0 Å². The summed E-state index contributed by atoms with van der Waals surface area (Å²) in [5, 5.41) is 17.1. The molecule has 2 N–H and O–H groups in total. The second-order valence-electron chi connectivity index (χ2n) is 5.42. The van der Waals surface area contributed by atoms with Gasteiger partial charge in [0.1, 0.15) is 0 Å². The van der Waals surface area contributed by atoms with Crippen LogP contribution in [0.5, 0.6) is 0 Å². The van der Waals surface area contributed by atoms with Crippen molar-refractivity contribution in [3.05, 3.63) is 0 Å². The van der Waals surface area contributed by atoms with E-state index >= 15 is 0 Å². The first-order valence-electron chi connectivity index (χ1n) is 9.18. The Balaban J connectivity index is 3.12. The first-order chi connectivity index (χ1) is 12.8. The van der Waals surface area contributed by atoms with Crippen molar-refractivity contribution in [1.82, 2.24) is 4.90 Å². The fourth-order valence-electron chi connectivity index (χ4n) is 1.77. The number of nitrogens with zero attached hydrogens (tertiary/aromatic N) is 1. The van der Waals surface area contributed by atoms with Gasteiger partial charge in [0.05, 0.1) is 92.5 Å². The molecule has 0 atom stereocenters. The Morgan fingerprint density at radius 1 is 0.462 bits per heavy atom. The molecule has 0 spiro atoms. The van der Waals surface area contributed by atoms with Crippen molar-refractivity contribution in [3.8, 4) is 0 Å². The van der Waals surface area contributed by atoms with E-state index in [9.17, 15) is 0 Å². The number of hydrogen-bond donors (Lipinski definition) is 2. The first kappa shape index (κ1) is 25.6. The Hall–Kier alpha value is -0.360. The van der Waals surface area contributed by atoms with Gasteiger partial charge in [0.15, 0.2) is 0 Å². The average Bonchev–Trinajstić information content (AvgIpc) is 2.64. The van der Waals surface area contributed by atoms with E-state index in [2.05, 4.69) is 4.90 Å². The van der Waals surface area contributed by atoms with E-state index < -0.39 is 0 Å². The zero-order chi connectivity index (χ0) is 19.1. The van der Waals surface area contributed by atoms with Crippen LogP contribution in [0, 0.1) is 0 Å². The normalized spacial score (nSPS) is 11.5. The summed E-state index contributed by atoms with van der Waals surface area (Å²) in [6.45, 7) is 7.96. The molecule has 0 aliphatic heterocycles. The molecule has 0 amide bonds. The van der Waals surface area contributed by atoms with Gasteiger partial charge in [-0.15, -0.1) is 0 Å². The van der Waals surface area contributed by atoms with Crippen molar-refractivity contribution in [2.75, 3.05) is 113 Å². The molecule has 0 heterocycles. The van der Waals surface area contributed by atoms with Crippen LogP contribution in [0.25, 0.3) is 0 Å². The van der Waals surface area contributed by atoms with Crippen molar-refractivity contribution in [2.24, 2.45) is 0 Å². The molecule has 9 heteroatoms. The van der Waals surface area contributed by atoms with E-state index in [-0.39, 0.29) is 13.2 Å². The van der Waals surface area contributed by atoms with E-state index in [1.54, 1.807) is 0 Å². The second-order valence-corrected chi connectivity index (χ2v) is 5.42. The summed E-state index contributed by atoms with van der Waals surface area (Å²) < 4.78 is 31.8. The highest BCUT2D eigenvalue weighted by molar-refractivity contribution is 4.49. The van der Waals surface area contributed by atoms with Crippen LogP contribution in [-0.4, -0.2) is 128 Å². The number of aliphatic hydroxyl groups is 2. The third-order valence-corrected chi connectivity index (χ3v) is 3.19. The zero-order valence-electron chi connectivity index (χ0n) is 16.1. The smallest absolute Gasteiger partial charge is 0.0701 e. The van der Waals surface area contributed by atoms with Gasteiger partial charge in [0.2, 0.25) is 0 Å². The van der Waals surface area contributed by atoms with E-state index in [4.69, 9.17) is 38.6 Å². The molecule has 9 nitrogen and oxygen atoms in total. The molecule has 158 valence electrons. The van der Waals surface area contributed by atoms with Crippen molar-refractivity contribution >= 4 is 0 Å². The summed E-state index contributed by atoms with van der Waals surface area (Å²) in [5.74, 6) is 0. The molecule has 0 bridgehead atoms. The maximum absolute atomic E-state index is 8.53. The van der Waals surface area contributed by atoms with E-state index in [1.807, 2.05) is 7.05 Å². The lowest BCUT2D eigenvalue weighted by Gasteiger charge is -2.16. The molecule has 0 aliphatic carbocycles. The van der Waals surface area contributed by atoms with Crippen LogP contribution in [0.4, 0.5) is 0 Å². The summed E-state index contributed by atoms with van der Waals surface area (Å²) in [6, 6.07) is 0. The Morgan fingerprint density at radius 2 is 0.731 bits per heavy atom. The summed E-state index contributed by atoms with van der Waals surface area (Å²) in [7, 11) is 2.02. The number of rotatable bonds is 22. The number of likely N-dealkylation sites (N-methyl/N-ethyl adjacent to an activating group) is 1. The zero-order valence-corrected chi connectivity index (χ0v) is 16.1. The first-order valence-corrected chi connectivity index (χ1v) is 9.18. The van der Waals surface area contributed by atoms with Crippen LogP contribution in [0.3, 0.4) is 0 Å². The van der Waals surface area contributed by atoms with E-state index in [0.717, 1.165) is 13.1 Å². The van der Waals surface area contributed by atoms with Crippen LogP contribution in [0.1, 0.15) is 0 Å². The maximum atomic E-state index is 8.53.